The molecular formula is C10H6N4O6S2. The first-order valence-corrected chi connectivity index (χ1v) is 7.63. The maximum Gasteiger partial charge on any atom is 0.346 e. The van der Waals surface area contributed by atoms with E-state index in [1.54, 1.807) is 0 Å². The normalized spacial score (nSPS) is 10.4. The van der Waals surface area contributed by atoms with E-state index >= 15 is 0 Å². The summed E-state index contributed by atoms with van der Waals surface area (Å²) in [6.07, 6.45) is 2.45. The Hall–Kier alpha value is -2.60. The molecule has 2 aromatic rings. The van der Waals surface area contributed by atoms with Crippen LogP contribution in [0.4, 0.5) is 11.4 Å². The second kappa shape index (κ2) is 6.44. The fraction of sp³-hybridized carbons (Fsp3) is 0. The second-order valence-electron chi connectivity index (χ2n) is 3.72. The van der Waals surface area contributed by atoms with E-state index in [9.17, 15) is 29.8 Å². The van der Waals surface area contributed by atoms with Crippen LogP contribution >= 0.6 is 21.6 Å². The third-order valence-corrected chi connectivity index (χ3v) is 4.66. The summed E-state index contributed by atoms with van der Waals surface area (Å²) in [5, 5.41) is 21.6. The number of aromatic amines is 2. The van der Waals surface area contributed by atoms with Crippen molar-refractivity contribution in [2.24, 2.45) is 0 Å². The van der Waals surface area contributed by atoms with Crippen LogP contribution in [0.25, 0.3) is 0 Å². The lowest BCUT2D eigenvalue weighted by atomic mass is 10.4. The highest BCUT2D eigenvalue weighted by Crippen LogP contribution is 2.40. The molecule has 12 heteroatoms. The molecule has 114 valence electrons. The number of hydrogen-bond acceptors (Lipinski definition) is 8. The minimum absolute atomic E-state index is 0.0819. The summed E-state index contributed by atoms with van der Waals surface area (Å²) in [5.74, 6) is 0. The molecule has 2 rings (SSSR count). The van der Waals surface area contributed by atoms with Crippen LogP contribution in [0.15, 0.2) is 44.2 Å². The molecule has 0 aliphatic carbocycles. The highest BCUT2D eigenvalue weighted by molar-refractivity contribution is 8.76. The first-order valence-electron chi connectivity index (χ1n) is 5.48. The van der Waals surface area contributed by atoms with Crippen molar-refractivity contribution in [1.29, 1.82) is 0 Å². The van der Waals surface area contributed by atoms with E-state index in [0.717, 1.165) is 33.7 Å². The lowest BCUT2D eigenvalue weighted by Crippen LogP contribution is -2.09. The molecule has 0 radical (unpaired) electrons. The third-order valence-electron chi connectivity index (χ3n) is 2.37. The van der Waals surface area contributed by atoms with Gasteiger partial charge in [0, 0.05) is 24.5 Å². The minimum Gasteiger partial charge on any atom is -0.350 e. The van der Waals surface area contributed by atoms with E-state index in [1.165, 1.54) is 12.4 Å². The largest absolute Gasteiger partial charge is 0.350 e. The highest BCUT2D eigenvalue weighted by atomic mass is 33.1. The molecule has 2 heterocycles. The average Bonchev–Trinajstić information content (AvgIpc) is 2.44. The zero-order valence-corrected chi connectivity index (χ0v) is 12.1. The fourth-order valence-corrected chi connectivity index (χ4v) is 3.63. The standard InChI is InChI=1S/C10H6N4O6S2/c15-5-1-3-11-9(7(5)13(17)18)21-22-10-8(14(19)20)6(16)2-4-12-10/h1-4H,(H,11,15)(H,12,16). The molecule has 0 aromatic carbocycles. The Morgan fingerprint density at radius 2 is 1.18 bits per heavy atom. The lowest BCUT2D eigenvalue weighted by Gasteiger charge is -2.02. The summed E-state index contributed by atoms with van der Waals surface area (Å²) in [7, 11) is 1.46. The smallest absolute Gasteiger partial charge is 0.346 e. The number of H-pyrrole nitrogens is 2. The molecule has 0 fully saturated rings. The van der Waals surface area contributed by atoms with Crippen molar-refractivity contribution < 1.29 is 9.85 Å². The van der Waals surface area contributed by atoms with Crippen LogP contribution in [-0.4, -0.2) is 19.8 Å². The maximum absolute atomic E-state index is 11.5. The molecule has 0 saturated carbocycles. The van der Waals surface area contributed by atoms with E-state index in [0.29, 0.717) is 0 Å². The lowest BCUT2D eigenvalue weighted by molar-refractivity contribution is -0.389. The number of pyridine rings is 2. The molecular weight excluding hydrogens is 336 g/mol. The Bertz CT molecular complexity index is 789. The first-order chi connectivity index (χ1) is 10.4. The Labute approximate surface area is 128 Å². The Balaban J connectivity index is 2.37. The van der Waals surface area contributed by atoms with E-state index in [1.807, 2.05) is 0 Å². The van der Waals surface area contributed by atoms with Crippen LogP contribution < -0.4 is 10.9 Å². The summed E-state index contributed by atoms with van der Waals surface area (Å²) in [6, 6.07) is 2.00. The number of nitrogens with zero attached hydrogens (tertiary/aromatic N) is 2. The molecule has 0 unspecified atom stereocenters. The topological polar surface area (TPSA) is 152 Å². The molecule has 2 aromatic heterocycles. The predicted octanol–water partition coefficient (Wildman–Crippen LogP) is 1.68. The van der Waals surface area contributed by atoms with E-state index in [4.69, 9.17) is 0 Å². The van der Waals surface area contributed by atoms with Crippen molar-refractivity contribution in [2.75, 3.05) is 0 Å². The third kappa shape index (κ3) is 3.17. The van der Waals surface area contributed by atoms with Gasteiger partial charge in [0.15, 0.2) is 10.1 Å². The van der Waals surface area contributed by atoms with Crippen LogP contribution in [0.3, 0.4) is 0 Å². The zero-order chi connectivity index (χ0) is 16.3. The fourth-order valence-electron chi connectivity index (χ4n) is 1.46. The van der Waals surface area contributed by atoms with Crippen LogP contribution in [0.1, 0.15) is 0 Å². The molecule has 0 aliphatic rings. The van der Waals surface area contributed by atoms with Gasteiger partial charge < -0.3 is 9.97 Å². The molecule has 22 heavy (non-hydrogen) atoms. The monoisotopic (exact) mass is 342 g/mol. The molecule has 0 amide bonds. The van der Waals surface area contributed by atoms with Crippen molar-refractivity contribution in [3.05, 3.63) is 65.2 Å². The number of rotatable bonds is 5. The maximum atomic E-state index is 11.5. The van der Waals surface area contributed by atoms with Crippen molar-refractivity contribution in [2.45, 2.75) is 10.1 Å². The molecule has 0 aliphatic heterocycles. The van der Waals surface area contributed by atoms with Gasteiger partial charge in [-0.15, -0.1) is 0 Å². The summed E-state index contributed by atoms with van der Waals surface area (Å²) in [5.41, 5.74) is -2.91. The number of nitro groups is 2. The van der Waals surface area contributed by atoms with E-state index in [2.05, 4.69) is 9.97 Å². The number of hydrogen-bond donors (Lipinski definition) is 2. The summed E-state index contributed by atoms with van der Waals surface area (Å²) in [4.78, 5) is 48.1. The van der Waals surface area contributed by atoms with Gasteiger partial charge in [-0.1, -0.05) is 0 Å². The van der Waals surface area contributed by atoms with Crippen molar-refractivity contribution in [1.82, 2.24) is 9.97 Å². The van der Waals surface area contributed by atoms with E-state index < -0.39 is 32.1 Å². The van der Waals surface area contributed by atoms with Crippen LogP contribution in [-0.2, 0) is 0 Å². The Kier molecular flexibility index (Phi) is 4.62. The molecule has 0 atom stereocenters. The van der Waals surface area contributed by atoms with Gasteiger partial charge in [0.2, 0.25) is 0 Å². The molecule has 0 saturated heterocycles. The van der Waals surface area contributed by atoms with Gasteiger partial charge in [-0.05, 0) is 21.6 Å². The van der Waals surface area contributed by atoms with Gasteiger partial charge in [0.1, 0.15) is 0 Å². The zero-order valence-electron chi connectivity index (χ0n) is 10.5. The van der Waals surface area contributed by atoms with Crippen LogP contribution in [0.5, 0.6) is 0 Å². The Morgan fingerprint density at radius 3 is 1.50 bits per heavy atom. The van der Waals surface area contributed by atoms with Crippen molar-refractivity contribution in [3.8, 4) is 0 Å². The molecule has 0 bridgehead atoms. The summed E-state index contributed by atoms with van der Waals surface area (Å²) in [6.45, 7) is 0. The van der Waals surface area contributed by atoms with Gasteiger partial charge in [0.25, 0.3) is 10.9 Å². The van der Waals surface area contributed by atoms with Crippen molar-refractivity contribution >= 4 is 33.0 Å². The van der Waals surface area contributed by atoms with Gasteiger partial charge >= 0.3 is 11.4 Å². The molecule has 2 N–H and O–H groups in total. The second-order valence-corrected chi connectivity index (χ2v) is 5.87. The van der Waals surface area contributed by atoms with Gasteiger partial charge in [-0.2, -0.15) is 0 Å². The number of nitrogens with one attached hydrogen (secondary N) is 2. The summed E-state index contributed by atoms with van der Waals surface area (Å²) >= 11 is 0. The number of aromatic nitrogens is 2. The minimum atomic E-state index is -0.843. The van der Waals surface area contributed by atoms with E-state index in [-0.39, 0.29) is 10.1 Å². The first kappa shape index (κ1) is 15.8. The molecule has 0 spiro atoms. The van der Waals surface area contributed by atoms with Crippen LogP contribution in [0.2, 0.25) is 0 Å². The SMILES string of the molecule is O=c1cc[nH]c(SSc2[nH]ccc(=O)c2[N+](=O)[O-])c1[N+](=O)[O-]. The average molecular weight is 342 g/mol. The van der Waals surface area contributed by atoms with Gasteiger partial charge in [0.05, 0.1) is 9.85 Å². The van der Waals surface area contributed by atoms with Crippen molar-refractivity contribution in [3.63, 3.8) is 0 Å². The van der Waals surface area contributed by atoms with Gasteiger partial charge in [-0.3, -0.25) is 29.8 Å². The van der Waals surface area contributed by atoms with Crippen LogP contribution in [0, 0.1) is 20.2 Å². The molecule has 10 nitrogen and oxygen atoms in total. The predicted molar refractivity (Wildman–Crippen MR) is 79.1 cm³/mol. The quantitative estimate of drug-likeness (QED) is 0.473. The highest BCUT2D eigenvalue weighted by Gasteiger charge is 2.23. The Morgan fingerprint density at radius 1 is 0.818 bits per heavy atom. The van der Waals surface area contributed by atoms with Gasteiger partial charge in [-0.25, -0.2) is 0 Å². The summed E-state index contributed by atoms with van der Waals surface area (Å²) < 4.78 is 0.